The topological polar surface area (TPSA) is 84.9 Å². The highest BCUT2D eigenvalue weighted by atomic mass is 16.5. The number of nitrogens with one attached hydrogen (secondary N) is 1. The quantitative estimate of drug-likeness (QED) is 0.773. The fourth-order valence-electron chi connectivity index (χ4n) is 2.03. The van der Waals surface area contributed by atoms with E-state index < -0.39 is 24.0 Å². The van der Waals surface area contributed by atoms with Crippen molar-refractivity contribution in [3.05, 3.63) is 30.3 Å². The Bertz CT molecular complexity index is 533. The molecule has 0 spiro atoms. The summed E-state index contributed by atoms with van der Waals surface area (Å²) in [7, 11) is 2.50. The largest absolute Gasteiger partial charge is 0.469 e. The van der Waals surface area contributed by atoms with Gasteiger partial charge in [-0.3, -0.25) is 9.69 Å². The molecule has 1 aromatic carbocycles. The molecule has 7 nitrogen and oxygen atoms in total. The summed E-state index contributed by atoms with van der Waals surface area (Å²) in [4.78, 5) is 36.9. The second-order valence-corrected chi connectivity index (χ2v) is 4.72. The molecule has 1 rings (SSSR count). The maximum Gasteiger partial charge on any atom is 0.328 e. The Balaban J connectivity index is 2.78. The Morgan fingerprint density at radius 2 is 1.78 bits per heavy atom. The van der Waals surface area contributed by atoms with Crippen LogP contribution in [0.1, 0.15) is 19.8 Å². The molecule has 1 atom stereocenters. The third-order valence-corrected chi connectivity index (χ3v) is 3.28. The van der Waals surface area contributed by atoms with Gasteiger partial charge in [-0.25, -0.2) is 9.59 Å². The van der Waals surface area contributed by atoms with Gasteiger partial charge in [0.05, 0.1) is 14.2 Å². The Hall–Kier alpha value is -2.57. The van der Waals surface area contributed by atoms with E-state index in [1.165, 1.54) is 19.1 Å². The monoisotopic (exact) mass is 322 g/mol. The van der Waals surface area contributed by atoms with Gasteiger partial charge in [0.25, 0.3) is 0 Å². The lowest BCUT2D eigenvalue weighted by atomic mass is 10.1. The minimum atomic E-state index is -0.913. The zero-order valence-electron chi connectivity index (χ0n) is 13.6. The highest BCUT2D eigenvalue weighted by Crippen LogP contribution is 2.13. The van der Waals surface area contributed by atoms with Crippen molar-refractivity contribution in [2.45, 2.75) is 25.8 Å². The molecular weight excluding hydrogens is 300 g/mol. The number of amides is 2. The molecule has 1 unspecified atom stereocenters. The summed E-state index contributed by atoms with van der Waals surface area (Å²) < 4.78 is 9.22. The van der Waals surface area contributed by atoms with Gasteiger partial charge in [-0.2, -0.15) is 0 Å². The molecule has 0 radical (unpaired) electrons. The van der Waals surface area contributed by atoms with Gasteiger partial charge in [-0.1, -0.05) is 18.2 Å². The van der Waals surface area contributed by atoms with Crippen LogP contribution in [0, 0.1) is 0 Å². The van der Waals surface area contributed by atoms with Crippen LogP contribution in [0.4, 0.5) is 10.5 Å². The number of benzene rings is 1. The number of ether oxygens (including phenoxy) is 2. The predicted octanol–water partition coefficient (Wildman–Crippen LogP) is 1.72. The molecule has 0 aromatic heterocycles. The lowest BCUT2D eigenvalue weighted by molar-refractivity contribution is -0.144. The molecule has 0 bridgehead atoms. The molecule has 1 aromatic rings. The van der Waals surface area contributed by atoms with Gasteiger partial charge in [0.2, 0.25) is 0 Å². The van der Waals surface area contributed by atoms with E-state index in [4.69, 9.17) is 0 Å². The van der Waals surface area contributed by atoms with Crippen LogP contribution >= 0.6 is 0 Å². The highest BCUT2D eigenvalue weighted by molar-refractivity contribution is 5.94. The average Bonchev–Trinajstić information content (AvgIpc) is 2.59. The van der Waals surface area contributed by atoms with Crippen LogP contribution in [-0.4, -0.2) is 44.8 Å². The number of nitrogens with zero attached hydrogens (tertiary/aromatic N) is 1. The second kappa shape index (κ2) is 9.45. The Labute approximate surface area is 135 Å². The summed E-state index contributed by atoms with van der Waals surface area (Å²) in [5.74, 6) is -1.06. The maximum atomic E-state index is 12.4. The molecule has 0 aliphatic rings. The number of hydrogen-bond donors (Lipinski definition) is 1. The van der Waals surface area contributed by atoms with E-state index in [2.05, 4.69) is 14.8 Å². The van der Waals surface area contributed by atoms with Crippen LogP contribution in [0.5, 0.6) is 0 Å². The highest BCUT2D eigenvalue weighted by Gasteiger charge is 2.25. The van der Waals surface area contributed by atoms with E-state index in [1.54, 1.807) is 12.1 Å². The van der Waals surface area contributed by atoms with Gasteiger partial charge in [-0.15, -0.1) is 0 Å². The molecule has 0 saturated carbocycles. The Morgan fingerprint density at radius 1 is 1.13 bits per heavy atom. The molecule has 126 valence electrons. The molecular formula is C16H22N2O5. The zero-order valence-corrected chi connectivity index (χ0v) is 13.6. The first-order chi connectivity index (χ1) is 11.0. The molecule has 1 N–H and O–H groups in total. The lowest BCUT2D eigenvalue weighted by Crippen LogP contribution is -2.48. The normalized spacial score (nSPS) is 11.3. The Morgan fingerprint density at radius 3 is 2.30 bits per heavy atom. The standard InChI is InChI=1S/C16H22N2O5/c1-4-18(12-8-6-5-7-9-12)16(21)17-13(15(20)23-3)10-11-14(19)22-2/h5-9,13H,4,10-11H2,1-3H3,(H,17,21). The van der Waals surface area contributed by atoms with Crippen LogP contribution in [0.15, 0.2) is 30.3 Å². The summed E-state index contributed by atoms with van der Waals surface area (Å²) in [5, 5.41) is 2.60. The number of rotatable bonds is 7. The van der Waals surface area contributed by atoms with Gasteiger partial charge in [0.1, 0.15) is 6.04 Å². The number of esters is 2. The summed E-state index contributed by atoms with van der Waals surface area (Å²) in [6.45, 7) is 2.26. The van der Waals surface area contributed by atoms with E-state index >= 15 is 0 Å². The van der Waals surface area contributed by atoms with Crippen LogP contribution in [-0.2, 0) is 19.1 Å². The van der Waals surface area contributed by atoms with Crippen molar-refractivity contribution in [2.24, 2.45) is 0 Å². The van der Waals surface area contributed by atoms with Gasteiger partial charge < -0.3 is 14.8 Å². The minimum absolute atomic E-state index is 0.00795. The number of methoxy groups -OCH3 is 2. The molecule has 0 fully saturated rings. The van der Waals surface area contributed by atoms with E-state index in [1.807, 2.05) is 25.1 Å². The van der Waals surface area contributed by atoms with E-state index in [9.17, 15) is 14.4 Å². The molecule has 0 saturated heterocycles. The number of urea groups is 1. The smallest absolute Gasteiger partial charge is 0.328 e. The summed E-state index contributed by atoms with van der Waals surface area (Å²) in [5.41, 5.74) is 0.712. The van der Waals surface area contributed by atoms with E-state index in [0.29, 0.717) is 12.2 Å². The maximum absolute atomic E-state index is 12.4. The van der Waals surface area contributed by atoms with Crippen molar-refractivity contribution in [1.29, 1.82) is 0 Å². The van der Waals surface area contributed by atoms with Gasteiger partial charge in [-0.05, 0) is 25.5 Å². The Kier molecular flexibility index (Phi) is 7.59. The number of para-hydroxylation sites is 1. The van der Waals surface area contributed by atoms with Crippen LogP contribution in [0.25, 0.3) is 0 Å². The van der Waals surface area contributed by atoms with Crippen molar-refractivity contribution in [3.8, 4) is 0 Å². The number of carbonyl (C=O) groups excluding carboxylic acids is 3. The third kappa shape index (κ3) is 5.61. The summed E-state index contributed by atoms with van der Waals surface area (Å²) >= 11 is 0. The van der Waals surface area contributed by atoms with Crippen LogP contribution in [0.3, 0.4) is 0 Å². The van der Waals surface area contributed by atoms with Gasteiger partial charge in [0, 0.05) is 18.7 Å². The SMILES string of the molecule is CCN(C(=O)NC(CCC(=O)OC)C(=O)OC)c1ccccc1. The first-order valence-corrected chi connectivity index (χ1v) is 7.31. The van der Waals surface area contributed by atoms with Crippen molar-refractivity contribution >= 4 is 23.7 Å². The summed E-state index contributed by atoms with van der Waals surface area (Å²) in [6, 6.07) is 7.74. The molecule has 7 heteroatoms. The van der Waals surface area contributed by atoms with E-state index in [0.717, 1.165) is 0 Å². The zero-order chi connectivity index (χ0) is 17.2. The van der Waals surface area contributed by atoms with Gasteiger partial charge in [0.15, 0.2) is 0 Å². The molecule has 0 aliphatic carbocycles. The average molecular weight is 322 g/mol. The molecule has 0 aliphatic heterocycles. The van der Waals surface area contributed by atoms with Crippen LogP contribution < -0.4 is 10.2 Å². The fourth-order valence-corrected chi connectivity index (χ4v) is 2.03. The summed E-state index contributed by atoms with van der Waals surface area (Å²) in [6.07, 6.45) is 0.117. The van der Waals surface area contributed by atoms with E-state index in [-0.39, 0.29) is 12.8 Å². The van der Waals surface area contributed by atoms with Crippen LogP contribution in [0.2, 0.25) is 0 Å². The van der Waals surface area contributed by atoms with Gasteiger partial charge >= 0.3 is 18.0 Å². The number of hydrogen-bond acceptors (Lipinski definition) is 5. The number of anilines is 1. The van der Waals surface area contributed by atoms with Crippen molar-refractivity contribution in [2.75, 3.05) is 25.7 Å². The van der Waals surface area contributed by atoms with Crippen molar-refractivity contribution < 1.29 is 23.9 Å². The molecule has 0 heterocycles. The van der Waals surface area contributed by atoms with Crippen molar-refractivity contribution in [1.82, 2.24) is 5.32 Å². The number of carbonyl (C=O) groups is 3. The fraction of sp³-hybridized carbons (Fsp3) is 0.438. The third-order valence-electron chi connectivity index (χ3n) is 3.28. The first-order valence-electron chi connectivity index (χ1n) is 7.31. The second-order valence-electron chi connectivity index (χ2n) is 4.72. The molecule has 2 amide bonds. The first kappa shape index (κ1) is 18.5. The van der Waals surface area contributed by atoms with Crippen molar-refractivity contribution in [3.63, 3.8) is 0 Å². The lowest BCUT2D eigenvalue weighted by Gasteiger charge is -2.24. The predicted molar refractivity (Wildman–Crippen MR) is 85.0 cm³/mol. The minimum Gasteiger partial charge on any atom is -0.469 e. The molecule has 23 heavy (non-hydrogen) atoms.